The third kappa shape index (κ3) is 1.29. The molecule has 1 unspecified atom stereocenters. The Bertz CT molecular complexity index is 1430. The molecule has 0 N–H and O–H groups in total. The maximum Gasteiger partial charge on any atom is 0.264 e. The molecule has 3 heteroatoms. The minimum absolute atomic E-state index is 0.0215. The summed E-state index contributed by atoms with van der Waals surface area (Å²) < 4.78 is 1.83. The molecule has 3 nitrogen and oxygen atoms in total. The van der Waals surface area contributed by atoms with Crippen molar-refractivity contribution in [2.24, 2.45) is 0 Å². The van der Waals surface area contributed by atoms with Gasteiger partial charge in [-0.2, -0.15) is 0 Å². The molecule has 2 aliphatic carbocycles. The van der Waals surface area contributed by atoms with Gasteiger partial charge in [-0.1, -0.05) is 63.3 Å². The Hall–Kier alpha value is -2.94. The predicted molar refractivity (Wildman–Crippen MR) is 106 cm³/mol. The molecule has 0 fully saturated rings. The number of rotatable bonds is 0. The van der Waals surface area contributed by atoms with Crippen LogP contribution in [0.3, 0.4) is 0 Å². The Balaban J connectivity index is 2.00. The lowest BCUT2D eigenvalue weighted by Crippen LogP contribution is -2.58. The lowest BCUT2D eigenvalue weighted by molar-refractivity contribution is 0.262. The Labute approximate surface area is 150 Å². The molecule has 26 heavy (non-hydrogen) atoms. The Kier molecular flexibility index (Phi) is 2.23. The highest BCUT2D eigenvalue weighted by atomic mass is 16.1. The van der Waals surface area contributed by atoms with Gasteiger partial charge in [-0.05, 0) is 17.5 Å². The van der Waals surface area contributed by atoms with E-state index >= 15 is 0 Å². The lowest BCUT2D eigenvalue weighted by atomic mass is 9.50. The first-order valence-electron chi connectivity index (χ1n) is 9.05. The average Bonchev–Trinajstić information content (AvgIpc) is 2.65. The molecule has 0 amide bonds. The van der Waals surface area contributed by atoms with Gasteiger partial charge in [0.25, 0.3) is 5.56 Å². The summed E-state index contributed by atoms with van der Waals surface area (Å²) in [6.45, 7) is 6.74. The normalized spacial score (nSPS) is 22.4. The summed E-state index contributed by atoms with van der Waals surface area (Å²) in [6.07, 6.45) is 6.40. The van der Waals surface area contributed by atoms with Crippen LogP contribution in [-0.4, -0.2) is 9.38 Å². The van der Waals surface area contributed by atoms with E-state index in [-0.39, 0.29) is 16.4 Å². The van der Waals surface area contributed by atoms with Crippen LogP contribution < -0.4 is 10.9 Å². The third-order valence-electron chi connectivity index (χ3n) is 6.84. The molecule has 0 aliphatic heterocycles. The van der Waals surface area contributed by atoms with E-state index in [2.05, 4.69) is 57.2 Å². The van der Waals surface area contributed by atoms with E-state index in [1.807, 2.05) is 22.6 Å². The van der Waals surface area contributed by atoms with Crippen molar-refractivity contribution in [1.29, 1.82) is 0 Å². The fraction of sp³-hybridized carbons (Fsp3) is 0.217. The van der Waals surface area contributed by atoms with Crippen LogP contribution in [0.25, 0.3) is 33.3 Å². The SMILES string of the molecule is CC1(C)c2nc3c4cccc5cccc(c(=O)n3c3c2C1(C)C=CC=3)c54. The van der Waals surface area contributed by atoms with E-state index in [0.29, 0.717) is 0 Å². The Morgan fingerprint density at radius 2 is 1.73 bits per heavy atom. The van der Waals surface area contributed by atoms with Gasteiger partial charge in [0, 0.05) is 32.6 Å². The van der Waals surface area contributed by atoms with Gasteiger partial charge in [0.1, 0.15) is 5.65 Å². The van der Waals surface area contributed by atoms with Crippen molar-refractivity contribution in [3.05, 3.63) is 75.5 Å². The zero-order valence-electron chi connectivity index (χ0n) is 15.0. The molecule has 4 aromatic rings. The molecule has 2 aromatic heterocycles. The predicted octanol–water partition coefficient (Wildman–Crippen LogP) is 3.62. The monoisotopic (exact) mass is 338 g/mol. The van der Waals surface area contributed by atoms with Gasteiger partial charge in [-0.15, -0.1) is 0 Å². The van der Waals surface area contributed by atoms with Crippen molar-refractivity contribution in [2.45, 2.75) is 31.6 Å². The highest BCUT2D eigenvalue weighted by molar-refractivity contribution is 6.14. The zero-order chi connectivity index (χ0) is 17.8. The van der Waals surface area contributed by atoms with Crippen molar-refractivity contribution >= 4 is 33.3 Å². The molecule has 126 valence electrons. The molecule has 2 heterocycles. The second-order valence-electron chi connectivity index (χ2n) is 8.25. The second kappa shape index (κ2) is 4.07. The van der Waals surface area contributed by atoms with Crippen LogP contribution in [-0.2, 0) is 10.8 Å². The molecule has 0 spiro atoms. The summed E-state index contributed by atoms with van der Waals surface area (Å²) in [6, 6.07) is 12.1. The van der Waals surface area contributed by atoms with Crippen molar-refractivity contribution in [1.82, 2.24) is 9.38 Å². The maximum atomic E-state index is 13.4. The van der Waals surface area contributed by atoms with Gasteiger partial charge in [0.05, 0.1) is 11.0 Å². The quantitative estimate of drug-likeness (QED) is 0.362. The molecule has 0 saturated heterocycles. The van der Waals surface area contributed by atoms with Gasteiger partial charge in [0.2, 0.25) is 0 Å². The van der Waals surface area contributed by atoms with Gasteiger partial charge in [0.15, 0.2) is 0 Å². The number of allylic oxidation sites excluding steroid dienone is 2. The number of hydrogen-bond acceptors (Lipinski definition) is 2. The van der Waals surface area contributed by atoms with Crippen LogP contribution in [0.15, 0.2) is 53.3 Å². The smallest absolute Gasteiger partial charge is 0.264 e. The number of aromatic nitrogens is 2. The first-order valence-corrected chi connectivity index (χ1v) is 9.05. The fourth-order valence-electron chi connectivity index (χ4n) is 5.01. The van der Waals surface area contributed by atoms with E-state index in [4.69, 9.17) is 4.98 Å². The van der Waals surface area contributed by atoms with Crippen LogP contribution in [0.4, 0.5) is 0 Å². The van der Waals surface area contributed by atoms with Crippen molar-refractivity contribution in [3.8, 4) is 0 Å². The standard InChI is InChI=1S/C23H18N2O/c1-22(2)19-18-16(11-6-12-23(18,22)3)25-20(24-19)14-9-4-7-13-8-5-10-15(17(13)14)21(25)26/h4-12H,1-3H3. The molecule has 0 bridgehead atoms. The van der Waals surface area contributed by atoms with Crippen LogP contribution in [0.2, 0.25) is 0 Å². The molecular weight excluding hydrogens is 320 g/mol. The van der Waals surface area contributed by atoms with Gasteiger partial charge < -0.3 is 0 Å². The molecular formula is C23H18N2O. The number of pyridine rings is 1. The molecule has 1 atom stereocenters. The summed E-state index contributed by atoms with van der Waals surface area (Å²) in [4.78, 5) is 18.5. The summed E-state index contributed by atoms with van der Waals surface area (Å²) in [5, 5.41) is 4.91. The highest BCUT2D eigenvalue weighted by Gasteiger charge is 2.56. The highest BCUT2D eigenvalue weighted by Crippen LogP contribution is 2.55. The second-order valence-corrected chi connectivity index (χ2v) is 8.25. The zero-order valence-corrected chi connectivity index (χ0v) is 15.0. The van der Waals surface area contributed by atoms with E-state index < -0.39 is 0 Å². The van der Waals surface area contributed by atoms with Crippen LogP contribution >= 0.6 is 0 Å². The number of benzene rings is 2. The summed E-state index contributed by atoms with van der Waals surface area (Å²) >= 11 is 0. The van der Waals surface area contributed by atoms with E-state index in [9.17, 15) is 4.79 Å². The number of fused-ring (bicyclic) bond motifs is 3. The van der Waals surface area contributed by atoms with Crippen LogP contribution in [0.5, 0.6) is 0 Å². The maximum absolute atomic E-state index is 13.4. The van der Waals surface area contributed by atoms with E-state index in [1.54, 1.807) is 0 Å². The minimum atomic E-state index is -0.0787. The Morgan fingerprint density at radius 1 is 1.00 bits per heavy atom. The van der Waals surface area contributed by atoms with Gasteiger partial charge in [-0.3, -0.25) is 9.20 Å². The molecule has 2 aromatic carbocycles. The molecule has 0 saturated carbocycles. The largest absolute Gasteiger partial charge is 0.268 e. The first kappa shape index (κ1) is 14.3. The van der Waals surface area contributed by atoms with Crippen molar-refractivity contribution < 1.29 is 0 Å². The van der Waals surface area contributed by atoms with Crippen molar-refractivity contribution in [3.63, 3.8) is 0 Å². The molecule has 0 radical (unpaired) electrons. The summed E-state index contributed by atoms with van der Waals surface area (Å²) in [5.74, 6) is 0. The minimum Gasteiger partial charge on any atom is -0.268 e. The van der Waals surface area contributed by atoms with Crippen LogP contribution in [0.1, 0.15) is 32.0 Å². The van der Waals surface area contributed by atoms with Gasteiger partial charge >= 0.3 is 0 Å². The molecule has 2 aliphatic rings. The van der Waals surface area contributed by atoms with Crippen LogP contribution in [0, 0.1) is 0 Å². The van der Waals surface area contributed by atoms with Crippen molar-refractivity contribution in [2.75, 3.05) is 0 Å². The number of nitrogens with zero attached hydrogens (tertiary/aromatic N) is 2. The number of hydrogen-bond donors (Lipinski definition) is 0. The topological polar surface area (TPSA) is 34.4 Å². The summed E-state index contributed by atoms with van der Waals surface area (Å²) in [5.41, 5.74) is 2.98. The fourth-order valence-corrected chi connectivity index (χ4v) is 5.01. The first-order chi connectivity index (χ1) is 12.4. The average molecular weight is 338 g/mol. The Morgan fingerprint density at radius 3 is 2.50 bits per heavy atom. The summed E-state index contributed by atoms with van der Waals surface area (Å²) in [7, 11) is 0. The van der Waals surface area contributed by atoms with Gasteiger partial charge in [-0.25, -0.2) is 4.98 Å². The molecule has 6 rings (SSSR count). The van der Waals surface area contributed by atoms with E-state index in [0.717, 1.165) is 38.2 Å². The third-order valence-corrected chi connectivity index (χ3v) is 6.84. The lowest BCUT2D eigenvalue weighted by Gasteiger charge is -2.54. The van der Waals surface area contributed by atoms with E-state index in [1.165, 1.54) is 5.56 Å².